The Morgan fingerprint density at radius 2 is 1.95 bits per heavy atom. The van der Waals surface area contributed by atoms with Crippen LogP contribution in [0, 0.1) is 17.6 Å². The van der Waals surface area contributed by atoms with E-state index in [2.05, 4.69) is 5.32 Å². The molecule has 1 aromatic rings. The second-order valence-electron chi connectivity index (χ2n) is 5.11. The predicted molar refractivity (Wildman–Crippen MR) is 73.0 cm³/mol. The molecular weight excluding hydrogens is 264 g/mol. The number of hydrogen-bond acceptors (Lipinski definition) is 2. The lowest BCUT2D eigenvalue weighted by Crippen LogP contribution is -2.40. The molecule has 0 fully saturated rings. The minimum absolute atomic E-state index is 0.139. The average Bonchev–Trinajstić information content (AvgIpc) is 2.41. The molecule has 0 saturated carbocycles. The zero-order chi connectivity index (χ0) is 15.3. The fraction of sp³-hybridized carbons (Fsp3) is 0.533. The monoisotopic (exact) mass is 285 g/mol. The summed E-state index contributed by atoms with van der Waals surface area (Å²) >= 11 is 0. The molecule has 0 bridgehead atoms. The summed E-state index contributed by atoms with van der Waals surface area (Å²) in [5.41, 5.74) is 0.236. The zero-order valence-electron chi connectivity index (χ0n) is 12.0. The van der Waals surface area contributed by atoms with Crippen molar-refractivity contribution in [3.05, 3.63) is 35.4 Å². The first kappa shape index (κ1) is 16.6. The summed E-state index contributed by atoms with van der Waals surface area (Å²) < 4.78 is 26.0. The van der Waals surface area contributed by atoms with Crippen molar-refractivity contribution in [2.75, 3.05) is 0 Å². The maximum atomic E-state index is 13.1. The molecule has 5 heteroatoms. The molecule has 112 valence electrons. The summed E-state index contributed by atoms with van der Waals surface area (Å²) in [5.74, 6) is -2.27. The third kappa shape index (κ3) is 4.27. The maximum absolute atomic E-state index is 13.1. The Hall–Kier alpha value is -1.49. The van der Waals surface area contributed by atoms with Gasteiger partial charge in [0.25, 0.3) is 0 Å². The van der Waals surface area contributed by atoms with Gasteiger partial charge in [0.2, 0.25) is 5.91 Å². The Kier molecular flexibility index (Phi) is 6.07. The van der Waals surface area contributed by atoms with Gasteiger partial charge >= 0.3 is 0 Å². The summed E-state index contributed by atoms with van der Waals surface area (Å²) in [6.07, 6.45) is 0.581. The third-order valence-corrected chi connectivity index (χ3v) is 3.30. The third-order valence-electron chi connectivity index (χ3n) is 3.30. The molecule has 0 radical (unpaired) electrons. The molecule has 0 aliphatic rings. The van der Waals surface area contributed by atoms with Gasteiger partial charge in [0.15, 0.2) is 11.6 Å². The first-order valence-corrected chi connectivity index (χ1v) is 6.80. The van der Waals surface area contributed by atoms with Gasteiger partial charge in [-0.3, -0.25) is 4.79 Å². The number of aliphatic hydroxyl groups is 1. The van der Waals surface area contributed by atoms with Crippen LogP contribution in [0.25, 0.3) is 0 Å². The van der Waals surface area contributed by atoms with Crippen LogP contribution in [-0.4, -0.2) is 17.1 Å². The van der Waals surface area contributed by atoms with Crippen molar-refractivity contribution in [2.45, 2.75) is 45.8 Å². The van der Waals surface area contributed by atoms with Crippen molar-refractivity contribution in [3.63, 3.8) is 0 Å². The van der Waals surface area contributed by atoms with Crippen LogP contribution < -0.4 is 5.32 Å². The zero-order valence-corrected chi connectivity index (χ0v) is 12.0. The highest BCUT2D eigenvalue weighted by Crippen LogP contribution is 2.19. The number of carbonyl (C=O) groups excluding carboxylic acids is 1. The van der Waals surface area contributed by atoms with Crippen LogP contribution in [0.3, 0.4) is 0 Å². The molecule has 0 spiro atoms. The lowest BCUT2D eigenvalue weighted by Gasteiger charge is -2.22. The molecule has 0 saturated heterocycles. The van der Waals surface area contributed by atoms with Gasteiger partial charge in [0, 0.05) is 5.92 Å². The summed E-state index contributed by atoms with van der Waals surface area (Å²) in [7, 11) is 0. The largest absolute Gasteiger partial charge is 0.386 e. The standard InChI is InChI=1S/C15H21F2NO2/c1-4-5-9(2)15(20)18-10(3)14(19)11-6-7-12(16)13(17)8-11/h6-10,14,19H,4-5H2,1-3H3,(H,18,20). The van der Waals surface area contributed by atoms with Crippen LogP contribution in [0.4, 0.5) is 8.78 Å². The molecular formula is C15H21F2NO2. The van der Waals surface area contributed by atoms with Crippen molar-refractivity contribution >= 4 is 5.91 Å². The summed E-state index contributed by atoms with van der Waals surface area (Å²) in [4.78, 5) is 11.8. The number of carbonyl (C=O) groups is 1. The molecule has 20 heavy (non-hydrogen) atoms. The summed E-state index contributed by atoms with van der Waals surface area (Å²) in [6.45, 7) is 5.43. The van der Waals surface area contributed by atoms with Gasteiger partial charge in [-0.15, -0.1) is 0 Å². The van der Waals surface area contributed by atoms with Crippen LogP contribution in [0.15, 0.2) is 18.2 Å². The minimum Gasteiger partial charge on any atom is -0.386 e. The molecule has 3 unspecified atom stereocenters. The molecule has 2 N–H and O–H groups in total. The van der Waals surface area contributed by atoms with E-state index < -0.39 is 23.8 Å². The molecule has 1 aromatic carbocycles. The van der Waals surface area contributed by atoms with Gasteiger partial charge in [-0.2, -0.15) is 0 Å². The van der Waals surface area contributed by atoms with Gasteiger partial charge in [-0.1, -0.05) is 26.3 Å². The van der Waals surface area contributed by atoms with E-state index in [1.54, 1.807) is 6.92 Å². The van der Waals surface area contributed by atoms with E-state index in [0.29, 0.717) is 0 Å². The Balaban J connectivity index is 2.69. The number of rotatable bonds is 6. The van der Waals surface area contributed by atoms with E-state index in [4.69, 9.17) is 0 Å². The van der Waals surface area contributed by atoms with Crippen molar-refractivity contribution < 1.29 is 18.7 Å². The molecule has 3 nitrogen and oxygen atoms in total. The number of aliphatic hydroxyl groups excluding tert-OH is 1. The van der Waals surface area contributed by atoms with E-state index in [-0.39, 0.29) is 17.4 Å². The van der Waals surface area contributed by atoms with Gasteiger partial charge in [-0.25, -0.2) is 8.78 Å². The van der Waals surface area contributed by atoms with E-state index >= 15 is 0 Å². The lowest BCUT2D eigenvalue weighted by molar-refractivity contribution is -0.126. The minimum atomic E-state index is -1.08. The Labute approximate surface area is 118 Å². The Morgan fingerprint density at radius 1 is 1.30 bits per heavy atom. The fourth-order valence-corrected chi connectivity index (χ4v) is 1.99. The van der Waals surface area contributed by atoms with Gasteiger partial charge < -0.3 is 10.4 Å². The van der Waals surface area contributed by atoms with Crippen LogP contribution in [0.2, 0.25) is 0 Å². The van der Waals surface area contributed by atoms with Crippen molar-refractivity contribution in [3.8, 4) is 0 Å². The molecule has 0 aliphatic carbocycles. The Bertz CT molecular complexity index is 465. The highest BCUT2D eigenvalue weighted by molar-refractivity contribution is 5.78. The van der Waals surface area contributed by atoms with Crippen LogP contribution in [0.5, 0.6) is 0 Å². The van der Waals surface area contributed by atoms with Crippen molar-refractivity contribution in [1.82, 2.24) is 5.32 Å². The smallest absolute Gasteiger partial charge is 0.223 e. The van der Waals surface area contributed by atoms with Gasteiger partial charge in [0.1, 0.15) is 0 Å². The first-order chi connectivity index (χ1) is 9.36. The topological polar surface area (TPSA) is 49.3 Å². The fourth-order valence-electron chi connectivity index (χ4n) is 1.99. The SMILES string of the molecule is CCCC(C)C(=O)NC(C)C(O)c1ccc(F)c(F)c1. The number of amides is 1. The number of hydrogen-bond donors (Lipinski definition) is 2. The van der Waals surface area contributed by atoms with Crippen LogP contribution in [0.1, 0.15) is 45.3 Å². The molecule has 0 aliphatic heterocycles. The summed E-state index contributed by atoms with van der Waals surface area (Å²) in [6, 6.07) is 2.63. The molecule has 0 aromatic heterocycles. The first-order valence-electron chi connectivity index (χ1n) is 6.80. The second kappa shape index (κ2) is 7.33. The number of halogens is 2. The molecule has 0 heterocycles. The molecule has 1 rings (SSSR count). The predicted octanol–water partition coefficient (Wildman–Crippen LogP) is 2.94. The van der Waals surface area contributed by atoms with E-state index in [9.17, 15) is 18.7 Å². The number of benzene rings is 1. The molecule has 1 amide bonds. The van der Waals surface area contributed by atoms with Gasteiger partial charge in [0.05, 0.1) is 12.1 Å². The highest BCUT2D eigenvalue weighted by Gasteiger charge is 2.21. The van der Waals surface area contributed by atoms with E-state index in [1.807, 2.05) is 13.8 Å². The maximum Gasteiger partial charge on any atom is 0.223 e. The second-order valence-corrected chi connectivity index (χ2v) is 5.11. The molecule has 3 atom stereocenters. The quantitative estimate of drug-likeness (QED) is 0.844. The number of nitrogens with one attached hydrogen (secondary N) is 1. The van der Waals surface area contributed by atoms with E-state index in [1.165, 1.54) is 6.07 Å². The summed E-state index contributed by atoms with van der Waals surface area (Å²) in [5, 5.41) is 12.8. The average molecular weight is 285 g/mol. The lowest BCUT2D eigenvalue weighted by atomic mass is 10.0. The van der Waals surface area contributed by atoms with Crippen LogP contribution >= 0.6 is 0 Å². The normalized spacial score (nSPS) is 15.5. The van der Waals surface area contributed by atoms with Crippen LogP contribution in [-0.2, 0) is 4.79 Å². The van der Waals surface area contributed by atoms with Crippen molar-refractivity contribution in [2.24, 2.45) is 5.92 Å². The van der Waals surface area contributed by atoms with Crippen molar-refractivity contribution in [1.29, 1.82) is 0 Å². The highest BCUT2D eigenvalue weighted by atomic mass is 19.2. The van der Waals surface area contributed by atoms with Gasteiger partial charge in [-0.05, 0) is 31.0 Å². The van der Waals surface area contributed by atoms with E-state index in [0.717, 1.165) is 25.0 Å². The Morgan fingerprint density at radius 3 is 2.50 bits per heavy atom.